The molecule has 1 saturated heterocycles. The van der Waals surface area contributed by atoms with Crippen molar-refractivity contribution in [3.8, 4) is 0 Å². The summed E-state index contributed by atoms with van der Waals surface area (Å²) >= 11 is 5.99. The van der Waals surface area contributed by atoms with E-state index >= 15 is 0 Å². The second-order valence-electron chi connectivity index (χ2n) is 8.23. The molecule has 2 amide bonds. The van der Waals surface area contributed by atoms with Gasteiger partial charge >= 0.3 is 0 Å². The van der Waals surface area contributed by atoms with Crippen LogP contribution in [0.25, 0.3) is 22.1 Å². The fraction of sp³-hybridized carbons (Fsp3) is 0.304. The van der Waals surface area contributed by atoms with Crippen LogP contribution < -0.4 is 5.32 Å². The maximum absolute atomic E-state index is 13.3. The first-order valence-electron chi connectivity index (χ1n) is 10.8. The first kappa shape index (κ1) is 21.4. The van der Waals surface area contributed by atoms with Gasteiger partial charge in [0.2, 0.25) is 11.8 Å². The summed E-state index contributed by atoms with van der Waals surface area (Å²) in [5.41, 5.74) is 2.89. The molecule has 5 rings (SSSR count). The number of H-pyrrole nitrogens is 2. The van der Waals surface area contributed by atoms with Gasteiger partial charge in [-0.1, -0.05) is 11.6 Å². The molecule has 0 aliphatic carbocycles. The number of halogens is 2. The number of nitrogens with zero attached hydrogens (tertiary/aromatic N) is 3. The highest BCUT2D eigenvalue weighted by atomic mass is 35.5. The number of aryl methyl sites for hydroxylation is 1. The number of likely N-dealkylation sites (tertiary alicyclic amines) is 1. The molecule has 1 aliphatic rings. The largest absolute Gasteiger partial charge is 0.349 e. The summed E-state index contributed by atoms with van der Waals surface area (Å²) < 4.78 is 13.3. The molecule has 1 atom stereocenters. The van der Waals surface area contributed by atoms with Crippen LogP contribution >= 0.6 is 11.6 Å². The van der Waals surface area contributed by atoms with Gasteiger partial charge in [0.1, 0.15) is 17.5 Å². The van der Waals surface area contributed by atoms with E-state index in [1.54, 1.807) is 23.1 Å². The number of hydrogen-bond donors (Lipinski definition) is 3. The number of amides is 2. The lowest BCUT2D eigenvalue weighted by molar-refractivity contribution is -0.130. The first-order chi connectivity index (χ1) is 15.9. The lowest BCUT2D eigenvalue weighted by Crippen LogP contribution is -2.34. The Balaban J connectivity index is 1.11. The van der Waals surface area contributed by atoms with E-state index in [2.05, 4.69) is 25.3 Å². The van der Waals surface area contributed by atoms with Gasteiger partial charge in [0, 0.05) is 31.0 Å². The van der Waals surface area contributed by atoms with Gasteiger partial charge in [-0.2, -0.15) is 0 Å². The van der Waals surface area contributed by atoms with Crippen molar-refractivity contribution in [1.29, 1.82) is 0 Å². The summed E-state index contributed by atoms with van der Waals surface area (Å²) in [5.74, 6) is 0.595. The molecule has 33 heavy (non-hydrogen) atoms. The van der Waals surface area contributed by atoms with Crippen LogP contribution in [0, 0.1) is 11.7 Å². The number of benzene rings is 2. The van der Waals surface area contributed by atoms with E-state index in [0.717, 1.165) is 11.0 Å². The van der Waals surface area contributed by atoms with Crippen LogP contribution in [0.15, 0.2) is 36.4 Å². The van der Waals surface area contributed by atoms with Crippen molar-refractivity contribution in [3.63, 3.8) is 0 Å². The fourth-order valence-electron chi connectivity index (χ4n) is 4.17. The Bertz CT molecular complexity index is 1250. The van der Waals surface area contributed by atoms with Crippen LogP contribution in [-0.2, 0) is 22.6 Å². The van der Waals surface area contributed by atoms with Gasteiger partial charge in [-0.15, -0.1) is 0 Å². The zero-order valence-corrected chi connectivity index (χ0v) is 18.5. The quantitative estimate of drug-likeness (QED) is 0.403. The van der Waals surface area contributed by atoms with Crippen LogP contribution in [-0.4, -0.2) is 49.7 Å². The third kappa shape index (κ3) is 4.68. The number of hydrogen-bond acceptors (Lipinski definition) is 4. The van der Waals surface area contributed by atoms with Crippen molar-refractivity contribution in [1.82, 2.24) is 30.2 Å². The molecular formula is C23H22ClFN6O2. The minimum absolute atomic E-state index is 0.0221. The van der Waals surface area contributed by atoms with Crippen molar-refractivity contribution in [3.05, 3.63) is 58.9 Å². The Morgan fingerprint density at radius 1 is 1.09 bits per heavy atom. The second kappa shape index (κ2) is 8.82. The van der Waals surface area contributed by atoms with E-state index < -0.39 is 0 Å². The molecule has 1 unspecified atom stereocenters. The Hall–Kier alpha value is -3.46. The third-order valence-electron chi connectivity index (χ3n) is 5.90. The van der Waals surface area contributed by atoms with Crippen LogP contribution in [0.4, 0.5) is 4.39 Å². The number of fused-ring (bicyclic) bond motifs is 2. The smallest absolute Gasteiger partial charge is 0.225 e. The van der Waals surface area contributed by atoms with E-state index in [9.17, 15) is 14.0 Å². The van der Waals surface area contributed by atoms with Crippen LogP contribution in [0.5, 0.6) is 0 Å². The van der Waals surface area contributed by atoms with Crippen molar-refractivity contribution < 1.29 is 14.0 Å². The maximum Gasteiger partial charge on any atom is 0.225 e. The highest BCUT2D eigenvalue weighted by Crippen LogP contribution is 2.20. The predicted molar refractivity (Wildman–Crippen MR) is 122 cm³/mol. The van der Waals surface area contributed by atoms with E-state index in [4.69, 9.17) is 11.6 Å². The zero-order chi connectivity index (χ0) is 22.9. The molecule has 2 aromatic heterocycles. The Labute approximate surface area is 193 Å². The minimum atomic E-state index is -0.333. The highest BCUT2D eigenvalue weighted by molar-refractivity contribution is 6.31. The summed E-state index contributed by atoms with van der Waals surface area (Å²) in [6, 6.07) is 9.74. The van der Waals surface area contributed by atoms with Gasteiger partial charge < -0.3 is 20.2 Å². The van der Waals surface area contributed by atoms with E-state index in [-0.39, 0.29) is 36.5 Å². The molecule has 10 heteroatoms. The Morgan fingerprint density at radius 2 is 1.82 bits per heavy atom. The van der Waals surface area contributed by atoms with Gasteiger partial charge in [0.05, 0.1) is 34.5 Å². The van der Waals surface area contributed by atoms with Crippen LogP contribution in [0.3, 0.4) is 0 Å². The summed E-state index contributed by atoms with van der Waals surface area (Å²) in [7, 11) is 0. The molecule has 1 fully saturated rings. The van der Waals surface area contributed by atoms with E-state index in [1.165, 1.54) is 12.1 Å². The molecule has 1 aliphatic heterocycles. The lowest BCUT2D eigenvalue weighted by atomic mass is 10.1. The first-order valence-corrected chi connectivity index (χ1v) is 11.2. The minimum Gasteiger partial charge on any atom is -0.349 e. The molecule has 3 N–H and O–H groups in total. The predicted octanol–water partition coefficient (Wildman–Crippen LogP) is 3.33. The molecule has 0 saturated carbocycles. The van der Waals surface area contributed by atoms with Gasteiger partial charge in [-0.3, -0.25) is 9.59 Å². The standard InChI is InChI=1S/C23H22ClFN6O2/c24-14-1-3-16-18(9-14)30-21(28-16)11-26-23(33)13-7-8-31(12-13)22(32)6-5-20-27-17-4-2-15(25)10-19(17)29-20/h1-4,9-10,13H,5-8,11-12H2,(H,26,33)(H,27,29)(H,28,30). The summed E-state index contributed by atoms with van der Waals surface area (Å²) in [6.07, 6.45) is 1.33. The van der Waals surface area contributed by atoms with Crippen molar-refractivity contribution >= 4 is 45.5 Å². The number of rotatable bonds is 6. The summed E-state index contributed by atoms with van der Waals surface area (Å²) in [5, 5.41) is 3.52. The number of aromatic amines is 2. The average molecular weight is 469 g/mol. The fourth-order valence-corrected chi connectivity index (χ4v) is 4.34. The highest BCUT2D eigenvalue weighted by Gasteiger charge is 2.30. The molecule has 3 heterocycles. The Morgan fingerprint density at radius 3 is 2.67 bits per heavy atom. The number of imidazole rings is 2. The molecule has 8 nitrogen and oxygen atoms in total. The van der Waals surface area contributed by atoms with Crippen LogP contribution in [0.2, 0.25) is 5.02 Å². The molecule has 0 radical (unpaired) electrons. The third-order valence-corrected chi connectivity index (χ3v) is 6.14. The molecule has 2 aromatic carbocycles. The van der Waals surface area contributed by atoms with E-state index in [0.29, 0.717) is 53.6 Å². The molecule has 0 spiro atoms. The number of carbonyl (C=O) groups is 2. The number of nitrogens with one attached hydrogen (secondary N) is 3. The lowest BCUT2D eigenvalue weighted by Gasteiger charge is -2.16. The van der Waals surface area contributed by atoms with Gasteiger partial charge in [0.15, 0.2) is 0 Å². The van der Waals surface area contributed by atoms with Crippen molar-refractivity contribution in [2.45, 2.75) is 25.8 Å². The zero-order valence-electron chi connectivity index (χ0n) is 17.7. The van der Waals surface area contributed by atoms with Crippen molar-refractivity contribution in [2.75, 3.05) is 13.1 Å². The van der Waals surface area contributed by atoms with Crippen molar-refractivity contribution in [2.24, 2.45) is 5.92 Å². The SMILES string of the molecule is O=C(NCc1nc2ccc(Cl)cc2[nH]1)C1CCN(C(=O)CCc2nc3ccc(F)cc3[nH]2)C1. The van der Waals surface area contributed by atoms with Crippen LogP contribution in [0.1, 0.15) is 24.5 Å². The maximum atomic E-state index is 13.3. The van der Waals surface area contributed by atoms with Gasteiger partial charge in [0.25, 0.3) is 0 Å². The van der Waals surface area contributed by atoms with Gasteiger partial charge in [-0.05, 0) is 42.8 Å². The van der Waals surface area contributed by atoms with Gasteiger partial charge in [-0.25, -0.2) is 14.4 Å². The summed E-state index contributed by atoms with van der Waals surface area (Å²) in [4.78, 5) is 42.0. The second-order valence-corrected chi connectivity index (χ2v) is 8.67. The molecule has 4 aromatic rings. The summed E-state index contributed by atoms with van der Waals surface area (Å²) in [6.45, 7) is 1.22. The number of aromatic nitrogens is 4. The number of carbonyl (C=O) groups excluding carboxylic acids is 2. The van der Waals surface area contributed by atoms with E-state index in [1.807, 2.05) is 6.07 Å². The monoisotopic (exact) mass is 468 g/mol. The normalized spacial score (nSPS) is 16.1. The molecule has 170 valence electrons. The molecular weight excluding hydrogens is 447 g/mol. The Kier molecular flexibility index (Phi) is 5.72. The molecule has 0 bridgehead atoms. The topological polar surface area (TPSA) is 107 Å². The average Bonchev–Trinajstić information content (AvgIpc) is 3.52.